The van der Waals surface area contributed by atoms with Crippen molar-refractivity contribution in [1.82, 2.24) is 9.88 Å². The maximum absolute atomic E-state index is 13.1. The fourth-order valence-corrected chi connectivity index (χ4v) is 4.10. The number of aromatic nitrogens is 1. The summed E-state index contributed by atoms with van der Waals surface area (Å²) in [4.78, 5) is 31.1. The number of benzene rings is 1. The first-order valence-electron chi connectivity index (χ1n) is 9.24. The normalized spacial score (nSPS) is 17.1. The second-order valence-corrected chi connectivity index (χ2v) is 10.2. The average molecular weight is 416 g/mol. The number of hydrogen-bond acceptors (Lipinski definition) is 6. The zero-order valence-electron chi connectivity index (χ0n) is 17.1. The molecule has 1 aromatic carbocycles. The Balaban J connectivity index is 2.17. The number of carbonyl (C=O) groups excluding carboxylic acids is 2. The summed E-state index contributed by atoms with van der Waals surface area (Å²) in [6.07, 6.45) is 0.244. The second kappa shape index (κ2) is 7.26. The van der Waals surface area contributed by atoms with Gasteiger partial charge in [0, 0.05) is 24.3 Å². The van der Waals surface area contributed by atoms with E-state index in [1.54, 1.807) is 27.7 Å². The van der Waals surface area contributed by atoms with E-state index in [0.29, 0.717) is 11.4 Å². The van der Waals surface area contributed by atoms with Crippen LogP contribution >= 0.6 is 0 Å². The van der Waals surface area contributed by atoms with E-state index in [4.69, 9.17) is 4.74 Å². The maximum Gasteiger partial charge on any atom is 0.417 e. The molecule has 1 aliphatic heterocycles. The third kappa shape index (κ3) is 4.32. The molecule has 0 bridgehead atoms. The van der Waals surface area contributed by atoms with Crippen LogP contribution in [0, 0.1) is 0 Å². The smallest absolute Gasteiger partial charge is 0.417 e. The summed E-state index contributed by atoms with van der Waals surface area (Å²) >= 11 is 0. The second-order valence-electron chi connectivity index (χ2n) is 8.20. The van der Waals surface area contributed by atoms with Crippen LogP contribution in [0.1, 0.15) is 49.7 Å². The van der Waals surface area contributed by atoms with Gasteiger partial charge in [-0.2, -0.15) is 0 Å². The summed E-state index contributed by atoms with van der Waals surface area (Å²) in [6, 6.07) is 10.5. The van der Waals surface area contributed by atoms with Crippen LogP contribution in [-0.4, -0.2) is 48.7 Å². The molecule has 29 heavy (non-hydrogen) atoms. The Bertz CT molecular complexity index is 1070. The summed E-state index contributed by atoms with van der Waals surface area (Å²) in [7, 11) is -3.75. The molecule has 7 nitrogen and oxygen atoms in total. The van der Waals surface area contributed by atoms with E-state index in [1.165, 1.54) is 6.07 Å². The Labute approximate surface area is 170 Å². The Morgan fingerprint density at radius 2 is 1.83 bits per heavy atom. The molecule has 1 atom stereocenters. The Hall–Kier alpha value is -2.74. The molecule has 2 aromatic rings. The van der Waals surface area contributed by atoms with Gasteiger partial charge in [0.2, 0.25) is 0 Å². The van der Waals surface area contributed by atoms with Gasteiger partial charge in [-0.3, -0.25) is 9.78 Å². The van der Waals surface area contributed by atoms with E-state index >= 15 is 0 Å². The van der Waals surface area contributed by atoms with E-state index in [9.17, 15) is 18.0 Å². The van der Waals surface area contributed by atoms with E-state index in [1.807, 2.05) is 30.3 Å². The third-order valence-corrected chi connectivity index (χ3v) is 5.60. The van der Waals surface area contributed by atoms with Crippen LogP contribution in [0.15, 0.2) is 41.3 Å². The molecule has 0 saturated carbocycles. The minimum Gasteiger partial charge on any atom is -0.443 e. The average Bonchev–Trinajstić information content (AvgIpc) is 2.62. The lowest BCUT2D eigenvalue weighted by Gasteiger charge is -2.33. The number of nitrogens with zero attached hydrogens (tertiary/aromatic N) is 2. The molecule has 2 amide bonds. The van der Waals surface area contributed by atoms with Crippen molar-refractivity contribution < 1.29 is 22.7 Å². The monoisotopic (exact) mass is 416 g/mol. The van der Waals surface area contributed by atoms with Gasteiger partial charge in [-0.25, -0.2) is 18.1 Å². The predicted molar refractivity (Wildman–Crippen MR) is 108 cm³/mol. The first-order chi connectivity index (χ1) is 13.4. The molecule has 0 aliphatic carbocycles. The van der Waals surface area contributed by atoms with Gasteiger partial charge in [0.1, 0.15) is 5.60 Å². The number of sulfone groups is 1. The summed E-state index contributed by atoms with van der Waals surface area (Å²) in [6.45, 7) is 6.97. The first kappa shape index (κ1) is 21.0. The van der Waals surface area contributed by atoms with Gasteiger partial charge in [0.05, 0.1) is 21.8 Å². The van der Waals surface area contributed by atoms with Crippen LogP contribution in [0.5, 0.6) is 0 Å². The number of fused-ring (bicyclic) bond motifs is 1. The van der Waals surface area contributed by atoms with E-state index in [-0.39, 0.29) is 22.9 Å². The largest absolute Gasteiger partial charge is 0.443 e. The molecule has 2 heterocycles. The summed E-state index contributed by atoms with van der Waals surface area (Å²) in [5.41, 5.74) is 0.744. The van der Waals surface area contributed by atoms with Crippen molar-refractivity contribution in [2.45, 2.75) is 44.1 Å². The Morgan fingerprint density at radius 1 is 1.21 bits per heavy atom. The molecule has 154 valence electrons. The van der Waals surface area contributed by atoms with Crippen molar-refractivity contribution in [3.05, 3.63) is 47.7 Å². The molecule has 8 heteroatoms. The van der Waals surface area contributed by atoms with Crippen molar-refractivity contribution in [2.75, 3.05) is 12.8 Å². The lowest BCUT2D eigenvalue weighted by Crippen LogP contribution is -2.46. The van der Waals surface area contributed by atoms with Gasteiger partial charge in [-0.1, -0.05) is 37.3 Å². The lowest BCUT2D eigenvalue weighted by molar-refractivity contribution is 0.0218. The maximum atomic E-state index is 13.1. The number of hydrogen-bond donors (Lipinski definition) is 0. The van der Waals surface area contributed by atoms with Gasteiger partial charge in [-0.05, 0) is 26.8 Å². The third-order valence-electron chi connectivity index (χ3n) is 4.48. The molecular weight excluding hydrogens is 392 g/mol. The summed E-state index contributed by atoms with van der Waals surface area (Å²) in [5, 5.41) is 0. The highest BCUT2D eigenvalue weighted by atomic mass is 32.2. The van der Waals surface area contributed by atoms with Crippen LogP contribution in [-0.2, 0) is 14.6 Å². The van der Waals surface area contributed by atoms with Gasteiger partial charge >= 0.3 is 6.09 Å². The van der Waals surface area contributed by atoms with Gasteiger partial charge in [0.25, 0.3) is 5.91 Å². The molecule has 3 rings (SSSR count). The van der Waals surface area contributed by atoms with Gasteiger partial charge in [0.15, 0.2) is 9.84 Å². The van der Waals surface area contributed by atoms with Crippen molar-refractivity contribution in [2.24, 2.45) is 0 Å². The standard InChI is InChI=1S/C21H24N2O5S/c1-13-12-23(20(25)28-21(2,3)4)19(24)17-16(29(5,26)27)11-15(22-18(13)17)14-9-7-6-8-10-14/h6-11,13H,12H2,1-5H3. The lowest BCUT2D eigenvalue weighted by atomic mass is 9.94. The first-order valence-corrected chi connectivity index (χ1v) is 11.1. The Morgan fingerprint density at radius 3 is 2.38 bits per heavy atom. The van der Waals surface area contributed by atoms with Crippen LogP contribution in [0.2, 0.25) is 0 Å². The van der Waals surface area contributed by atoms with Crippen molar-refractivity contribution in [3.8, 4) is 11.3 Å². The van der Waals surface area contributed by atoms with Gasteiger partial charge < -0.3 is 4.74 Å². The molecular formula is C21H24N2O5S. The Kier molecular flexibility index (Phi) is 5.25. The SMILES string of the molecule is CC1CN(C(=O)OC(C)(C)C)C(=O)c2c(S(C)(=O)=O)cc(-c3ccccc3)nc21. The molecule has 0 saturated heterocycles. The molecule has 0 spiro atoms. The minimum absolute atomic E-state index is 0.0585. The fraction of sp³-hybridized carbons (Fsp3) is 0.381. The van der Waals surface area contributed by atoms with Gasteiger partial charge in [-0.15, -0.1) is 0 Å². The number of rotatable bonds is 2. The van der Waals surface area contributed by atoms with E-state index in [2.05, 4.69) is 4.98 Å². The molecule has 1 aliphatic rings. The van der Waals surface area contributed by atoms with E-state index < -0.39 is 27.4 Å². The minimum atomic E-state index is -3.75. The van der Waals surface area contributed by atoms with Crippen molar-refractivity contribution >= 4 is 21.8 Å². The zero-order chi connectivity index (χ0) is 21.6. The number of ether oxygens (including phenoxy) is 1. The number of carbonyl (C=O) groups is 2. The van der Waals surface area contributed by atoms with Crippen LogP contribution in [0.4, 0.5) is 4.79 Å². The van der Waals surface area contributed by atoms with Crippen molar-refractivity contribution in [1.29, 1.82) is 0 Å². The van der Waals surface area contributed by atoms with Crippen LogP contribution < -0.4 is 0 Å². The van der Waals surface area contributed by atoms with Crippen molar-refractivity contribution in [3.63, 3.8) is 0 Å². The topological polar surface area (TPSA) is 93.6 Å². The molecule has 0 fully saturated rings. The summed E-state index contributed by atoms with van der Waals surface area (Å²) in [5.74, 6) is -1.06. The predicted octanol–water partition coefficient (Wildman–Crippen LogP) is 3.65. The summed E-state index contributed by atoms with van der Waals surface area (Å²) < 4.78 is 30.4. The number of imide groups is 1. The van der Waals surface area contributed by atoms with Crippen LogP contribution in [0.25, 0.3) is 11.3 Å². The van der Waals surface area contributed by atoms with E-state index in [0.717, 1.165) is 16.7 Å². The number of amides is 2. The fourth-order valence-electron chi connectivity index (χ4n) is 3.21. The van der Waals surface area contributed by atoms with Crippen LogP contribution in [0.3, 0.4) is 0 Å². The quantitative estimate of drug-likeness (QED) is 0.742. The molecule has 1 aromatic heterocycles. The number of pyridine rings is 1. The highest BCUT2D eigenvalue weighted by Gasteiger charge is 2.40. The molecule has 0 N–H and O–H groups in total. The zero-order valence-corrected chi connectivity index (χ0v) is 17.9. The molecule has 1 unspecified atom stereocenters. The highest BCUT2D eigenvalue weighted by Crippen LogP contribution is 2.34. The molecule has 0 radical (unpaired) electrons. The highest BCUT2D eigenvalue weighted by molar-refractivity contribution is 7.90.